The van der Waals surface area contributed by atoms with Crippen LogP contribution in [0.1, 0.15) is 11.1 Å². The topological polar surface area (TPSA) is 64.9 Å². The molecule has 24 heavy (non-hydrogen) atoms. The lowest BCUT2D eigenvalue weighted by Crippen LogP contribution is -2.24. The Hall–Kier alpha value is -2.48. The lowest BCUT2D eigenvalue weighted by atomic mass is 10.2. The van der Waals surface area contributed by atoms with Crippen molar-refractivity contribution in [2.75, 3.05) is 5.32 Å². The van der Waals surface area contributed by atoms with Crippen molar-refractivity contribution < 1.29 is 4.79 Å². The predicted molar refractivity (Wildman–Crippen MR) is 96.8 cm³/mol. The minimum atomic E-state index is -0.452. The molecule has 0 aromatic heterocycles. The molecule has 0 bridgehead atoms. The van der Waals surface area contributed by atoms with Crippen LogP contribution in [0.4, 0.5) is 5.69 Å². The molecule has 0 aliphatic rings. The molecule has 6 heteroatoms. The number of nitrogens with one attached hydrogen (secondary N) is 2. The molecule has 0 heterocycles. The minimum Gasteiger partial charge on any atom is -0.360 e. The van der Waals surface area contributed by atoms with E-state index in [1.54, 1.807) is 30.3 Å². The largest absolute Gasteiger partial charge is 0.360 e. The van der Waals surface area contributed by atoms with Crippen molar-refractivity contribution in [3.8, 4) is 6.07 Å². The smallest absolute Gasteiger partial charge is 0.263 e. The van der Waals surface area contributed by atoms with Crippen LogP contribution in [0.15, 0.2) is 54.2 Å². The second-order valence-corrected chi connectivity index (χ2v) is 5.96. The molecule has 0 radical (unpaired) electrons. The van der Waals surface area contributed by atoms with Gasteiger partial charge in [0.15, 0.2) is 0 Å². The van der Waals surface area contributed by atoms with Crippen molar-refractivity contribution in [2.45, 2.75) is 13.5 Å². The first kappa shape index (κ1) is 17.9. The standard InChI is InChI=1S/C18H15Cl2N3O/c1-12-8-16(20)6-7-17(12)22-11-14(9-21)18(24)23-10-13-2-4-15(19)5-3-13/h2-8,11,22H,10H2,1H3,(H,23,24)/b14-11-. The molecule has 0 atom stereocenters. The SMILES string of the molecule is Cc1cc(Cl)ccc1N/C=C(/C#N)C(=O)NCc1ccc(Cl)cc1. The van der Waals surface area contributed by atoms with Gasteiger partial charge >= 0.3 is 0 Å². The van der Waals surface area contributed by atoms with E-state index in [2.05, 4.69) is 10.6 Å². The van der Waals surface area contributed by atoms with Crippen LogP contribution < -0.4 is 10.6 Å². The Balaban J connectivity index is 2.00. The number of nitrogens with zero attached hydrogens (tertiary/aromatic N) is 1. The van der Waals surface area contributed by atoms with Gasteiger partial charge < -0.3 is 10.6 Å². The van der Waals surface area contributed by atoms with Crippen molar-refractivity contribution in [1.29, 1.82) is 5.26 Å². The molecule has 2 aromatic carbocycles. The summed E-state index contributed by atoms with van der Waals surface area (Å²) in [6.07, 6.45) is 1.38. The highest BCUT2D eigenvalue weighted by Gasteiger charge is 2.09. The van der Waals surface area contributed by atoms with Crippen LogP contribution in [-0.2, 0) is 11.3 Å². The number of hydrogen-bond acceptors (Lipinski definition) is 3. The maximum atomic E-state index is 12.1. The number of carbonyl (C=O) groups excluding carboxylic acids is 1. The van der Waals surface area contributed by atoms with E-state index in [0.29, 0.717) is 16.6 Å². The van der Waals surface area contributed by atoms with Crippen molar-refractivity contribution >= 4 is 34.8 Å². The summed E-state index contributed by atoms with van der Waals surface area (Å²) in [5.74, 6) is -0.452. The van der Waals surface area contributed by atoms with Crippen molar-refractivity contribution in [2.24, 2.45) is 0 Å². The van der Waals surface area contributed by atoms with Gasteiger partial charge in [-0.25, -0.2) is 0 Å². The van der Waals surface area contributed by atoms with Crippen molar-refractivity contribution in [3.05, 3.63) is 75.4 Å². The Labute approximate surface area is 150 Å². The summed E-state index contributed by atoms with van der Waals surface area (Å²) < 4.78 is 0. The Morgan fingerprint density at radius 2 is 1.83 bits per heavy atom. The monoisotopic (exact) mass is 359 g/mol. The first-order chi connectivity index (χ1) is 11.5. The van der Waals surface area contributed by atoms with Gasteiger partial charge in [0.1, 0.15) is 11.6 Å². The number of amides is 1. The molecule has 1 amide bonds. The molecule has 4 nitrogen and oxygen atoms in total. The Morgan fingerprint density at radius 3 is 2.46 bits per heavy atom. The Kier molecular flexibility index (Phi) is 6.25. The van der Waals surface area contributed by atoms with Crippen LogP contribution >= 0.6 is 23.2 Å². The second kappa shape index (κ2) is 8.39. The van der Waals surface area contributed by atoms with Gasteiger partial charge in [-0.3, -0.25) is 4.79 Å². The van der Waals surface area contributed by atoms with Gasteiger partial charge in [0.2, 0.25) is 0 Å². The summed E-state index contributed by atoms with van der Waals surface area (Å²) in [5, 5.41) is 16.1. The molecule has 122 valence electrons. The zero-order chi connectivity index (χ0) is 17.5. The van der Waals surface area contributed by atoms with Crippen LogP contribution in [0.25, 0.3) is 0 Å². The molecule has 0 aliphatic carbocycles. The third-order valence-electron chi connectivity index (χ3n) is 3.29. The fourth-order valence-electron chi connectivity index (χ4n) is 1.97. The van der Waals surface area contributed by atoms with E-state index in [-0.39, 0.29) is 5.57 Å². The number of anilines is 1. The second-order valence-electron chi connectivity index (χ2n) is 5.08. The van der Waals surface area contributed by atoms with Crippen LogP contribution in [0.2, 0.25) is 10.0 Å². The number of hydrogen-bond donors (Lipinski definition) is 2. The summed E-state index contributed by atoms with van der Waals surface area (Å²) in [5.41, 5.74) is 2.57. The zero-order valence-corrected chi connectivity index (χ0v) is 14.4. The summed E-state index contributed by atoms with van der Waals surface area (Å²) in [7, 11) is 0. The maximum absolute atomic E-state index is 12.1. The van der Waals surface area contributed by atoms with Crippen molar-refractivity contribution in [1.82, 2.24) is 5.32 Å². The minimum absolute atomic E-state index is 0.0155. The van der Waals surface area contributed by atoms with Crippen LogP contribution in [-0.4, -0.2) is 5.91 Å². The van der Waals surface area contributed by atoms with Crippen LogP contribution in [0.5, 0.6) is 0 Å². The van der Waals surface area contributed by atoms with E-state index in [1.165, 1.54) is 6.20 Å². The maximum Gasteiger partial charge on any atom is 0.263 e. The number of halogens is 2. The van der Waals surface area contributed by atoms with Gasteiger partial charge in [-0.1, -0.05) is 35.3 Å². The number of benzene rings is 2. The third-order valence-corrected chi connectivity index (χ3v) is 3.78. The molecular formula is C18H15Cl2N3O. The highest BCUT2D eigenvalue weighted by molar-refractivity contribution is 6.30. The lowest BCUT2D eigenvalue weighted by Gasteiger charge is -2.07. The van der Waals surface area contributed by atoms with Gasteiger partial charge in [-0.15, -0.1) is 0 Å². The summed E-state index contributed by atoms with van der Waals surface area (Å²) >= 11 is 11.7. The van der Waals surface area contributed by atoms with Gasteiger partial charge in [-0.2, -0.15) is 5.26 Å². The van der Waals surface area contributed by atoms with Gasteiger partial charge in [-0.05, 0) is 48.4 Å². The quantitative estimate of drug-likeness (QED) is 0.612. The summed E-state index contributed by atoms with van der Waals surface area (Å²) in [6.45, 7) is 2.20. The normalized spacial score (nSPS) is 10.8. The fourth-order valence-corrected chi connectivity index (χ4v) is 2.32. The molecule has 0 saturated carbocycles. The number of nitriles is 1. The number of carbonyl (C=O) groups is 1. The lowest BCUT2D eigenvalue weighted by molar-refractivity contribution is -0.117. The van der Waals surface area contributed by atoms with E-state index < -0.39 is 5.91 Å². The van der Waals surface area contributed by atoms with Gasteiger partial charge in [0.05, 0.1) is 0 Å². The van der Waals surface area contributed by atoms with E-state index in [1.807, 2.05) is 25.1 Å². The average Bonchev–Trinajstić information content (AvgIpc) is 2.56. The molecule has 0 saturated heterocycles. The van der Waals surface area contributed by atoms with Gasteiger partial charge in [0.25, 0.3) is 5.91 Å². The molecule has 0 spiro atoms. The van der Waals surface area contributed by atoms with Gasteiger partial charge in [0, 0.05) is 28.5 Å². The van der Waals surface area contributed by atoms with Crippen molar-refractivity contribution in [3.63, 3.8) is 0 Å². The van der Waals surface area contributed by atoms with Crippen LogP contribution in [0.3, 0.4) is 0 Å². The molecule has 0 unspecified atom stereocenters. The van der Waals surface area contributed by atoms with E-state index in [4.69, 9.17) is 28.5 Å². The third kappa shape index (κ3) is 5.02. The molecular weight excluding hydrogens is 345 g/mol. The highest BCUT2D eigenvalue weighted by atomic mass is 35.5. The molecule has 2 aromatic rings. The van der Waals surface area contributed by atoms with Crippen LogP contribution in [0, 0.1) is 18.3 Å². The average molecular weight is 360 g/mol. The van der Waals surface area contributed by atoms with E-state index in [0.717, 1.165) is 16.8 Å². The predicted octanol–water partition coefficient (Wildman–Crippen LogP) is 4.44. The molecule has 2 rings (SSSR count). The molecule has 0 fully saturated rings. The van der Waals surface area contributed by atoms with E-state index >= 15 is 0 Å². The first-order valence-corrected chi connectivity index (χ1v) is 7.91. The number of aryl methyl sites for hydroxylation is 1. The molecule has 0 aliphatic heterocycles. The van der Waals surface area contributed by atoms with E-state index in [9.17, 15) is 4.79 Å². The summed E-state index contributed by atoms with van der Waals surface area (Å²) in [6, 6.07) is 14.3. The highest BCUT2D eigenvalue weighted by Crippen LogP contribution is 2.19. The number of rotatable bonds is 5. The Bertz CT molecular complexity index is 808. The first-order valence-electron chi connectivity index (χ1n) is 7.15. The fraction of sp³-hybridized carbons (Fsp3) is 0.111. The Morgan fingerprint density at radius 1 is 1.17 bits per heavy atom. The molecule has 2 N–H and O–H groups in total. The summed E-state index contributed by atoms with van der Waals surface area (Å²) in [4.78, 5) is 12.1. The zero-order valence-electron chi connectivity index (χ0n) is 12.9.